The van der Waals surface area contributed by atoms with Gasteiger partial charge < -0.3 is 5.11 Å². The van der Waals surface area contributed by atoms with Crippen LogP contribution in [0.1, 0.15) is 31.0 Å². The topological polar surface area (TPSA) is 33.1 Å². The molecule has 0 bridgehead atoms. The van der Waals surface area contributed by atoms with Crippen molar-refractivity contribution in [3.8, 4) is 0 Å². The Kier molecular flexibility index (Phi) is 4.66. The molecule has 0 radical (unpaired) electrons. The molecular formula is C10H14INO. The Balaban J connectivity index is 2.71. The smallest absolute Gasteiger partial charge is 0.107 e. The van der Waals surface area contributed by atoms with E-state index in [0.717, 1.165) is 21.4 Å². The number of halogens is 1. The third kappa shape index (κ3) is 3.23. The Morgan fingerprint density at radius 3 is 2.77 bits per heavy atom. The van der Waals surface area contributed by atoms with Gasteiger partial charge in [-0.05, 0) is 41.5 Å². The molecule has 0 aliphatic rings. The van der Waals surface area contributed by atoms with E-state index >= 15 is 0 Å². The molecule has 72 valence electrons. The van der Waals surface area contributed by atoms with Gasteiger partial charge in [-0.3, -0.25) is 0 Å². The summed E-state index contributed by atoms with van der Waals surface area (Å²) in [5.41, 5.74) is 2.05. The van der Waals surface area contributed by atoms with Gasteiger partial charge in [0.2, 0.25) is 0 Å². The van der Waals surface area contributed by atoms with Crippen molar-refractivity contribution in [1.29, 1.82) is 0 Å². The first-order valence-corrected chi connectivity index (χ1v) is 5.61. The highest BCUT2D eigenvalue weighted by molar-refractivity contribution is 14.1. The summed E-state index contributed by atoms with van der Waals surface area (Å²) >= 11 is 2.17. The summed E-state index contributed by atoms with van der Waals surface area (Å²) in [5.74, 6) is 0. The van der Waals surface area contributed by atoms with Crippen LogP contribution < -0.4 is 0 Å². The Hall–Kier alpha value is -0.160. The van der Waals surface area contributed by atoms with Crippen LogP contribution in [0.5, 0.6) is 0 Å². The predicted molar refractivity (Wildman–Crippen MR) is 61.5 cm³/mol. The van der Waals surface area contributed by atoms with E-state index in [1.165, 1.54) is 12.8 Å². The first kappa shape index (κ1) is 10.9. The molecule has 1 N–H and O–H groups in total. The highest BCUT2D eigenvalue weighted by atomic mass is 127. The Bertz CT molecular complexity index is 276. The fourth-order valence-corrected chi connectivity index (χ4v) is 1.78. The lowest BCUT2D eigenvalue weighted by molar-refractivity contribution is 0.280. The number of pyridine rings is 1. The van der Waals surface area contributed by atoms with Crippen LogP contribution in [0.4, 0.5) is 0 Å². The average Bonchev–Trinajstić information content (AvgIpc) is 2.15. The standard InChI is InChI=1S/C10H14INO/c1-2-3-4-9-6-5-8(7-13)10(11)12-9/h5-6,13H,2-4,7H2,1H3. The highest BCUT2D eigenvalue weighted by Gasteiger charge is 2.01. The van der Waals surface area contributed by atoms with Crippen LogP contribution in [-0.4, -0.2) is 10.1 Å². The van der Waals surface area contributed by atoms with Gasteiger partial charge in [-0.2, -0.15) is 0 Å². The zero-order chi connectivity index (χ0) is 9.68. The minimum absolute atomic E-state index is 0.0827. The first-order chi connectivity index (χ1) is 6.27. The van der Waals surface area contributed by atoms with Crippen molar-refractivity contribution in [2.24, 2.45) is 0 Å². The third-order valence-corrected chi connectivity index (χ3v) is 2.87. The molecule has 0 aliphatic carbocycles. The number of unbranched alkanes of at least 4 members (excludes halogenated alkanes) is 1. The average molecular weight is 291 g/mol. The number of hydrogen-bond donors (Lipinski definition) is 1. The second-order valence-corrected chi connectivity index (χ2v) is 4.04. The molecule has 1 aromatic rings. The van der Waals surface area contributed by atoms with Gasteiger partial charge >= 0.3 is 0 Å². The van der Waals surface area contributed by atoms with Crippen molar-refractivity contribution in [2.45, 2.75) is 32.8 Å². The van der Waals surface area contributed by atoms with Crippen molar-refractivity contribution in [3.63, 3.8) is 0 Å². The molecule has 0 unspecified atom stereocenters. The lowest BCUT2D eigenvalue weighted by Crippen LogP contribution is -1.97. The van der Waals surface area contributed by atoms with Crippen LogP contribution in [0.2, 0.25) is 0 Å². The van der Waals surface area contributed by atoms with Crippen LogP contribution in [0, 0.1) is 3.70 Å². The Morgan fingerprint density at radius 2 is 2.23 bits per heavy atom. The Labute approximate surface area is 92.5 Å². The summed E-state index contributed by atoms with van der Waals surface area (Å²) in [6.07, 6.45) is 3.42. The second kappa shape index (κ2) is 5.54. The summed E-state index contributed by atoms with van der Waals surface area (Å²) in [7, 11) is 0. The molecule has 0 aliphatic heterocycles. The molecular weight excluding hydrogens is 277 g/mol. The number of aromatic nitrogens is 1. The Morgan fingerprint density at radius 1 is 1.46 bits per heavy atom. The van der Waals surface area contributed by atoms with E-state index in [0.29, 0.717) is 0 Å². The molecule has 1 aromatic heterocycles. The summed E-state index contributed by atoms with van der Waals surface area (Å²) in [5, 5.41) is 8.94. The minimum Gasteiger partial charge on any atom is -0.392 e. The number of aliphatic hydroxyl groups excluding tert-OH is 1. The number of aliphatic hydroxyl groups is 1. The largest absolute Gasteiger partial charge is 0.392 e. The summed E-state index contributed by atoms with van der Waals surface area (Å²) in [6, 6.07) is 3.96. The van der Waals surface area contributed by atoms with Gasteiger partial charge in [0, 0.05) is 11.3 Å². The van der Waals surface area contributed by atoms with Gasteiger partial charge in [0.05, 0.1) is 6.61 Å². The van der Waals surface area contributed by atoms with Gasteiger partial charge in [-0.25, -0.2) is 4.98 Å². The van der Waals surface area contributed by atoms with E-state index in [-0.39, 0.29) is 6.61 Å². The molecule has 0 spiro atoms. The van der Waals surface area contributed by atoms with Crippen molar-refractivity contribution in [2.75, 3.05) is 0 Å². The number of aryl methyl sites for hydroxylation is 1. The third-order valence-electron chi connectivity index (χ3n) is 1.94. The first-order valence-electron chi connectivity index (χ1n) is 4.53. The maximum absolute atomic E-state index is 8.94. The summed E-state index contributed by atoms with van der Waals surface area (Å²) in [4.78, 5) is 4.41. The molecule has 0 amide bonds. The van der Waals surface area contributed by atoms with Gasteiger partial charge in [-0.15, -0.1) is 0 Å². The van der Waals surface area contributed by atoms with Crippen LogP contribution in [0.25, 0.3) is 0 Å². The van der Waals surface area contributed by atoms with Crippen molar-refractivity contribution in [3.05, 3.63) is 27.1 Å². The second-order valence-electron chi connectivity index (χ2n) is 3.01. The van der Waals surface area contributed by atoms with E-state index in [1.54, 1.807) is 0 Å². The van der Waals surface area contributed by atoms with Gasteiger partial charge in [0.1, 0.15) is 3.70 Å². The predicted octanol–water partition coefficient (Wildman–Crippen LogP) is 2.52. The molecule has 0 fully saturated rings. The van der Waals surface area contributed by atoms with Crippen LogP contribution in [-0.2, 0) is 13.0 Å². The van der Waals surface area contributed by atoms with Gasteiger partial charge in [0.25, 0.3) is 0 Å². The molecule has 0 aromatic carbocycles. The maximum atomic E-state index is 8.94. The van der Waals surface area contributed by atoms with Crippen LogP contribution in [0.15, 0.2) is 12.1 Å². The monoisotopic (exact) mass is 291 g/mol. The number of hydrogen-bond acceptors (Lipinski definition) is 2. The lowest BCUT2D eigenvalue weighted by atomic mass is 10.2. The lowest BCUT2D eigenvalue weighted by Gasteiger charge is -2.03. The van der Waals surface area contributed by atoms with E-state index in [2.05, 4.69) is 34.5 Å². The normalized spacial score (nSPS) is 10.4. The summed E-state index contributed by atoms with van der Waals surface area (Å²) in [6.45, 7) is 2.26. The van der Waals surface area contributed by atoms with E-state index in [4.69, 9.17) is 5.11 Å². The van der Waals surface area contributed by atoms with Crippen LogP contribution >= 0.6 is 22.6 Å². The maximum Gasteiger partial charge on any atom is 0.107 e. The minimum atomic E-state index is 0.0827. The van der Waals surface area contributed by atoms with Crippen molar-refractivity contribution < 1.29 is 5.11 Å². The van der Waals surface area contributed by atoms with E-state index < -0.39 is 0 Å². The van der Waals surface area contributed by atoms with Gasteiger partial charge in [-0.1, -0.05) is 19.4 Å². The zero-order valence-electron chi connectivity index (χ0n) is 7.76. The molecule has 2 nitrogen and oxygen atoms in total. The molecule has 3 heteroatoms. The molecule has 1 heterocycles. The molecule has 13 heavy (non-hydrogen) atoms. The highest BCUT2D eigenvalue weighted by Crippen LogP contribution is 2.11. The molecule has 1 rings (SSSR count). The van der Waals surface area contributed by atoms with Gasteiger partial charge in [0.15, 0.2) is 0 Å². The SMILES string of the molecule is CCCCc1ccc(CO)c(I)n1. The number of nitrogens with zero attached hydrogens (tertiary/aromatic N) is 1. The fraction of sp³-hybridized carbons (Fsp3) is 0.500. The number of rotatable bonds is 4. The van der Waals surface area contributed by atoms with Crippen molar-refractivity contribution in [1.82, 2.24) is 4.98 Å². The molecule has 0 saturated carbocycles. The molecule has 0 saturated heterocycles. The van der Waals surface area contributed by atoms with E-state index in [1.807, 2.05) is 12.1 Å². The van der Waals surface area contributed by atoms with E-state index in [9.17, 15) is 0 Å². The summed E-state index contributed by atoms with van der Waals surface area (Å²) < 4.78 is 0.925. The fourth-order valence-electron chi connectivity index (χ4n) is 1.12. The zero-order valence-corrected chi connectivity index (χ0v) is 9.91. The van der Waals surface area contributed by atoms with Crippen LogP contribution in [0.3, 0.4) is 0 Å². The molecule has 0 atom stereocenters. The van der Waals surface area contributed by atoms with Crippen molar-refractivity contribution >= 4 is 22.6 Å². The quantitative estimate of drug-likeness (QED) is 0.683.